The first-order valence-corrected chi connectivity index (χ1v) is 7.42. The largest absolute Gasteiger partial charge is 0.459 e. The monoisotopic (exact) mass is 349 g/mol. The molecule has 2 N–H and O–H groups in total. The zero-order valence-corrected chi connectivity index (χ0v) is 13.2. The van der Waals surface area contributed by atoms with Crippen molar-refractivity contribution in [2.24, 2.45) is 5.73 Å². The minimum atomic E-state index is -0.351. The van der Waals surface area contributed by atoms with Crippen molar-refractivity contribution in [3.8, 4) is 0 Å². The quantitative estimate of drug-likeness (QED) is 0.689. The topological polar surface area (TPSA) is 39.2 Å². The maximum absolute atomic E-state index is 6.31. The lowest BCUT2D eigenvalue weighted by molar-refractivity contribution is 0.524. The summed E-state index contributed by atoms with van der Waals surface area (Å²) in [6, 6.07) is 13.3. The van der Waals surface area contributed by atoms with Crippen LogP contribution in [0.1, 0.15) is 22.9 Å². The summed E-state index contributed by atoms with van der Waals surface area (Å²) in [5, 5.41) is 1.72. The Labute approximate surface area is 130 Å². The van der Waals surface area contributed by atoms with Gasteiger partial charge in [0.15, 0.2) is 0 Å². The summed E-state index contributed by atoms with van der Waals surface area (Å²) in [7, 11) is 0. The Kier molecular flexibility index (Phi) is 3.59. The van der Waals surface area contributed by atoms with E-state index in [2.05, 4.69) is 28.9 Å². The summed E-state index contributed by atoms with van der Waals surface area (Å²) in [5.41, 5.74) is 9.26. The van der Waals surface area contributed by atoms with Crippen LogP contribution in [-0.4, -0.2) is 0 Å². The Morgan fingerprint density at radius 2 is 1.95 bits per heavy atom. The normalized spacial score (nSPS) is 12.8. The second-order valence-corrected chi connectivity index (χ2v) is 6.12. The van der Waals surface area contributed by atoms with Gasteiger partial charge in [-0.3, -0.25) is 0 Å². The van der Waals surface area contributed by atoms with Gasteiger partial charge in [0.25, 0.3) is 0 Å². The highest BCUT2D eigenvalue weighted by Gasteiger charge is 2.17. The van der Waals surface area contributed by atoms with Crippen molar-refractivity contribution in [1.82, 2.24) is 0 Å². The number of furan rings is 1. The highest BCUT2D eigenvalue weighted by atomic mass is 79.9. The van der Waals surface area contributed by atoms with Gasteiger partial charge in [0.2, 0.25) is 0 Å². The van der Waals surface area contributed by atoms with E-state index < -0.39 is 0 Å². The summed E-state index contributed by atoms with van der Waals surface area (Å²) >= 11 is 9.54. The van der Waals surface area contributed by atoms with Crippen LogP contribution in [0.25, 0.3) is 11.0 Å². The molecule has 0 aliphatic heterocycles. The van der Waals surface area contributed by atoms with Crippen molar-refractivity contribution >= 4 is 38.5 Å². The van der Waals surface area contributed by atoms with E-state index in [4.69, 9.17) is 21.8 Å². The van der Waals surface area contributed by atoms with Crippen LogP contribution in [0.4, 0.5) is 0 Å². The molecule has 1 atom stereocenters. The van der Waals surface area contributed by atoms with Gasteiger partial charge in [-0.2, -0.15) is 0 Å². The second kappa shape index (κ2) is 5.24. The molecule has 0 bridgehead atoms. The van der Waals surface area contributed by atoms with Gasteiger partial charge in [-0.25, -0.2) is 0 Å². The summed E-state index contributed by atoms with van der Waals surface area (Å²) in [4.78, 5) is 0. The molecule has 0 fully saturated rings. The van der Waals surface area contributed by atoms with Crippen LogP contribution in [0.3, 0.4) is 0 Å². The molecular weight excluding hydrogens is 338 g/mol. The molecule has 1 aromatic heterocycles. The number of halogens is 2. The molecule has 1 unspecified atom stereocenters. The summed E-state index contributed by atoms with van der Waals surface area (Å²) < 4.78 is 6.77. The van der Waals surface area contributed by atoms with E-state index in [9.17, 15) is 0 Å². The highest BCUT2D eigenvalue weighted by molar-refractivity contribution is 9.10. The molecule has 0 aliphatic rings. The molecule has 102 valence electrons. The molecule has 2 aromatic carbocycles. The Morgan fingerprint density at radius 1 is 1.15 bits per heavy atom. The molecule has 4 heteroatoms. The van der Waals surface area contributed by atoms with Crippen LogP contribution in [0, 0.1) is 6.92 Å². The van der Waals surface area contributed by atoms with Crippen LogP contribution in [-0.2, 0) is 0 Å². The molecule has 0 spiro atoms. The predicted molar refractivity (Wildman–Crippen MR) is 86.1 cm³/mol. The van der Waals surface area contributed by atoms with E-state index in [1.165, 1.54) is 5.56 Å². The number of aryl methyl sites for hydroxylation is 1. The van der Waals surface area contributed by atoms with E-state index in [0.717, 1.165) is 26.8 Å². The Morgan fingerprint density at radius 3 is 2.75 bits per heavy atom. The standard InChI is InChI=1S/C16H13BrClNO/c1-9-2-5-14-10(6-9)7-15(20-14)16(19)12-8-11(18)3-4-13(12)17/h2-8,16H,19H2,1H3. The van der Waals surface area contributed by atoms with Gasteiger partial charge in [-0.1, -0.05) is 39.2 Å². The lowest BCUT2D eigenvalue weighted by atomic mass is 10.1. The predicted octanol–water partition coefficient (Wildman–Crippen LogP) is 5.21. The average Bonchev–Trinajstić information content (AvgIpc) is 2.83. The van der Waals surface area contributed by atoms with Crippen LogP contribution >= 0.6 is 27.5 Å². The van der Waals surface area contributed by atoms with Crippen LogP contribution in [0.2, 0.25) is 5.02 Å². The molecule has 3 rings (SSSR count). The van der Waals surface area contributed by atoms with E-state index in [1.54, 1.807) is 0 Å². The third-order valence-corrected chi connectivity index (χ3v) is 4.25. The van der Waals surface area contributed by atoms with Gasteiger partial charge in [-0.05, 0) is 48.9 Å². The summed E-state index contributed by atoms with van der Waals surface area (Å²) in [6.07, 6.45) is 0. The van der Waals surface area contributed by atoms with Gasteiger partial charge in [0.1, 0.15) is 11.3 Å². The number of hydrogen-bond acceptors (Lipinski definition) is 2. The van der Waals surface area contributed by atoms with Crippen molar-refractivity contribution in [2.45, 2.75) is 13.0 Å². The van der Waals surface area contributed by atoms with Crippen molar-refractivity contribution in [3.05, 3.63) is 68.8 Å². The van der Waals surface area contributed by atoms with Gasteiger partial charge in [0, 0.05) is 14.9 Å². The zero-order valence-electron chi connectivity index (χ0n) is 10.9. The van der Waals surface area contributed by atoms with E-state index in [1.807, 2.05) is 36.4 Å². The molecule has 20 heavy (non-hydrogen) atoms. The Balaban J connectivity index is 2.07. The van der Waals surface area contributed by atoms with Gasteiger partial charge in [0.05, 0.1) is 6.04 Å². The molecule has 0 aliphatic carbocycles. The molecule has 1 heterocycles. The molecular formula is C16H13BrClNO. The van der Waals surface area contributed by atoms with Crippen LogP contribution in [0.5, 0.6) is 0 Å². The molecule has 0 saturated heterocycles. The molecule has 0 saturated carbocycles. The van der Waals surface area contributed by atoms with Crippen LogP contribution < -0.4 is 5.73 Å². The number of benzene rings is 2. The third kappa shape index (κ3) is 2.49. The first-order chi connectivity index (χ1) is 9.54. The summed E-state index contributed by atoms with van der Waals surface area (Å²) in [5.74, 6) is 0.730. The minimum Gasteiger partial charge on any atom is -0.459 e. The molecule has 3 aromatic rings. The fourth-order valence-corrected chi connectivity index (χ4v) is 2.92. The number of nitrogens with two attached hydrogens (primary N) is 1. The fourth-order valence-electron chi connectivity index (χ4n) is 2.24. The minimum absolute atomic E-state index is 0.351. The fraction of sp³-hybridized carbons (Fsp3) is 0.125. The number of hydrogen-bond donors (Lipinski definition) is 1. The van der Waals surface area contributed by atoms with Crippen molar-refractivity contribution in [3.63, 3.8) is 0 Å². The highest BCUT2D eigenvalue weighted by Crippen LogP contribution is 2.32. The molecule has 0 radical (unpaired) electrons. The number of fused-ring (bicyclic) bond motifs is 1. The van der Waals surface area contributed by atoms with Gasteiger partial charge < -0.3 is 10.2 Å². The van der Waals surface area contributed by atoms with E-state index >= 15 is 0 Å². The lowest BCUT2D eigenvalue weighted by Crippen LogP contribution is -2.11. The second-order valence-electron chi connectivity index (χ2n) is 4.83. The van der Waals surface area contributed by atoms with Crippen LogP contribution in [0.15, 0.2) is 51.4 Å². The SMILES string of the molecule is Cc1ccc2oc(C(N)c3cc(Cl)ccc3Br)cc2c1. The van der Waals surface area contributed by atoms with Crippen molar-refractivity contribution < 1.29 is 4.42 Å². The van der Waals surface area contributed by atoms with Crippen molar-refractivity contribution in [2.75, 3.05) is 0 Å². The van der Waals surface area contributed by atoms with E-state index in [-0.39, 0.29) is 6.04 Å². The average molecular weight is 351 g/mol. The first-order valence-electron chi connectivity index (χ1n) is 6.25. The summed E-state index contributed by atoms with van der Waals surface area (Å²) in [6.45, 7) is 2.06. The Hall–Kier alpha value is -1.29. The molecule has 2 nitrogen and oxygen atoms in total. The zero-order chi connectivity index (χ0) is 14.3. The van der Waals surface area contributed by atoms with E-state index in [0.29, 0.717) is 5.02 Å². The smallest absolute Gasteiger partial charge is 0.134 e. The maximum Gasteiger partial charge on any atom is 0.134 e. The third-order valence-electron chi connectivity index (χ3n) is 3.29. The molecule has 0 amide bonds. The first kappa shape index (κ1) is 13.7. The van der Waals surface area contributed by atoms with Crippen molar-refractivity contribution in [1.29, 1.82) is 0 Å². The Bertz CT molecular complexity index is 781. The maximum atomic E-state index is 6.31. The number of rotatable bonds is 2. The van der Waals surface area contributed by atoms with Gasteiger partial charge in [-0.15, -0.1) is 0 Å². The lowest BCUT2D eigenvalue weighted by Gasteiger charge is -2.11. The van der Waals surface area contributed by atoms with Gasteiger partial charge >= 0.3 is 0 Å².